The SMILES string of the molecule is CCCC/C=C\CCCCCCCC(=O)OC[C@H](COC(=O)CCCCC/C=C\C/C=C\C/C=C\C/C=C\CCCCC)OC(=O)CCCCCCC/C=C\CCCCCCCC. The van der Waals surface area contributed by atoms with Crippen LogP contribution in [0.3, 0.4) is 0 Å². The molecule has 0 aromatic carbocycles. The van der Waals surface area contributed by atoms with Crippen molar-refractivity contribution in [3.63, 3.8) is 0 Å². The molecule has 0 bridgehead atoms. The first-order valence-electron chi connectivity index (χ1n) is 26.4. The number of esters is 3. The topological polar surface area (TPSA) is 78.9 Å². The Balaban J connectivity index is 4.43. The zero-order valence-corrected chi connectivity index (χ0v) is 41.3. The zero-order valence-electron chi connectivity index (χ0n) is 41.3. The van der Waals surface area contributed by atoms with Gasteiger partial charge in [-0.3, -0.25) is 14.4 Å². The molecule has 0 aliphatic rings. The number of unbranched alkanes of at least 4 members (excludes halogenated alkanes) is 24. The van der Waals surface area contributed by atoms with Gasteiger partial charge in [-0.25, -0.2) is 0 Å². The first-order chi connectivity index (χ1) is 31.0. The van der Waals surface area contributed by atoms with Gasteiger partial charge in [-0.05, 0) is 109 Å². The molecule has 362 valence electrons. The van der Waals surface area contributed by atoms with Crippen LogP contribution in [0.25, 0.3) is 0 Å². The van der Waals surface area contributed by atoms with Gasteiger partial charge in [0.15, 0.2) is 6.10 Å². The van der Waals surface area contributed by atoms with Crippen molar-refractivity contribution in [3.05, 3.63) is 72.9 Å². The molecule has 0 saturated carbocycles. The molecule has 0 aliphatic heterocycles. The molecule has 0 spiro atoms. The third kappa shape index (κ3) is 49.7. The summed E-state index contributed by atoms with van der Waals surface area (Å²) in [4.78, 5) is 38.0. The molecule has 0 amide bonds. The fraction of sp³-hybridized carbons (Fsp3) is 0.737. The standard InChI is InChI=1S/C57H98O6/c1-4-7-10-13-16-19-22-24-26-27-28-29-31-32-35-38-41-44-47-50-56(59)62-53-54(52-61-55(58)49-46-43-40-37-34-21-18-15-12-9-6-3)63-57(60)51-48-45-42-39-36-33-30-25-23-20-17-14-11-8-5-2/h15-16,18-19,24-26,28-30,32,35,54H,4-14,17,20-23,27,31,33-34,36-53H2,1-3H3/b18-15-,19-16-,26-24-,29-28-,30-25-,35-32-/t54-/m1/s1. The molecule has 0 radical (unpaired) electrons. The van der Waals surface area contributed by atoms with Crippen molar-refractivity contribution < 1.29 is 28.6 Å². The quantitative estimate of drug-likeness (QED) is 0.0262. The molecule has 0 N–H and O–H groups in total. The van der Waals surface area contributed by atoms with E-state index in [0.717, 1.165) is 103 Å². The Morgan fingerprint density at radius 3 is 1.00 bits per heavy atom. The normalized spacial score (nSPS) is 12.6. The second-order valence-corrected chi connectivity index (χ2v) is 17.4. The summed E-state index contributed by atoms with van der Waals surface area (Å²) >= 11 is 0. The van der Waals surface area contributed by atoms with Crippen LogP contribution in [-0.4, -0.2) is 37.2 Å². The Labute approximate surface area is 389 Å². The molecule has 0 heterocycles. The van der Waals surface area contributed by atoms with E-state index in [4.69, 9.17) is 14.2 Å². The Morgan fingerprint density at radius 2 is 0.587 bits per heavy atom. The van der Waals surface area contributed by atoms with Crippen molar-refractivity contribution in [2.45, 2.75) is 258 Å². The predicted octanol–water partition coefficient (Wildman–Crippen LogP) is 17.4. The summed E-state index contributed by atoms with van der Waals surface area (Å²) in [7, 11) is 0. The zero-order chi connectivity index (χ0) is 45.8. The van der Waals surface area contributed by atoms with Gasteiger partial charge in [0.1, 0.15) is 13.2 Å². The van der Waals surface area contributed by atoms with Gasteiger partial charge in [0.05, 0.1) is 0 Å². The summed E-state index contributed by atoms with van der Waals surface area (Å²) in [6, 6.07) is 0. The van der Waals surface area contributed by atoms with E-state index < -0.39 is 6.10 Å². The highest BCUT2D eigenvalue weighted by Gasteiger charge is 2.19. The summed E-state index contributed by atoms with van der Waals surface area (Å²) in [6.45, 7) is 6.52. The molecule has 6 heteroatoms. The molecule has 0 aromatic rings. The van der Waals surface area contributed by atoms with Crippen LogP contribution in [-0.2, 0) is 28.6 Å². The predicted molar refractivity (Wildman–Crippen MR) is 270 cm³/mol. The Hall–Kier alpha value is -3.15. The lowest BCUT2D eigenvalue weighted by Gasteiger charge is -2.18. The molecule has 0 fully saturated rings. The van der Waals surface area contributed by atoms with E-state index in [-0.39, 0.29) is 31.1 Å². The van der Waals surface area contributed by atoms with Crippen LogP contribution in [0.1, 0.15) is 252 Å². The van der Waals surface area contributed by atoms with Crippen LogP contribution in [0.2, 0.25) is 0 Å². The maximum atomic E-state index is 12.8. The maximum Gasteiger partial charge on any atom is 0.306 e. The van der Waals surface area contributed by atoms with Crippen LogP contribution >= 0.6 is 0 Å². The lowest BCUT2D eigenvalue weighted by molar-refractivity contribution is -0.167. The Kier molecular flexibility index (Phi) is 48.9. The maximum absolute atomic E-state index is 12.8. The minimum absolute atomic E-state index is 0.0936. The fourth-order valence-corrected chi connectivity index (χ4v) is 7.11. The molecule has 0 unspecified atom stereocenters. The van der Waals surface area contributed by atoms with Crippen LogP contribution in [0.15, 0.2) is 72.9 Å². The van der Waals surface area contributed by atoms with E-state index in [1.807, 2.05) is 0 Å². The monoisotopic (exact) mass is 879 g/mol. The number of hydrogen-bond donors (Lipinski definition) is 0. The van der Waals surface area contributed by atoms with E-state index in [2.05, 4.69) is 93.7 Å². The molecule has 0 aromatic heterocycles. The van der Waals surface area contributed by atoms with Gasteiger partial charge < -0.3 is 14.2 Å². The molecule has 63 heavy (non-hydrogen) atoms. The molecule has 0 aliphatic carbocycles. The lowest BCUT2D eigenvalue weighted by atomic mass is 10.1. The van der Waals surface area contributed by atoms with E-state index in [1.165, 1.54) is 109 Å². The molecule has 1 atom stereocenters. The first-order valence-corrected chi connectivity index (χ1v) is 26.4. The lowest BCUT2D eigenvalue weighted by Crippen LogP contribution is -2.30. The van der Waals surface area contributed by atoms with Gasteiger partial charge in [-0.2, -0.15) is 0 Å². The summed E-state index contributed by atoms with van der Waals surface area (Å²) in [5.41, 5.74) is 0. The smallest absolute Gasteiger partial charge is 0.306 e. The number of rotatable bonds is 47. The van der Waals surface area contributed by atoms with Gasteiger partial charge in [0, 0.05) is 19.3 Å². The van der Waals surface area contributed by atoms with Crippen molar-refractivity contribution >= 4 is 17.9 Å². The molecule has 0 saturated heterocycles. The van der Waals surface area contributed by atoms with Crippen LogP contribution < -0.4 is 0 Å². The summed E-state index contributed by atoms with van der Waals surface area (Å²) in [5.74, 6) is -0.941. The van der Waals surface area contributed by atoms with Crippen molar-refractivity contribution in [2.24, 2.45) is 0 Å². The molecule has 6 nitrogen and oxygen atoms in total. The van der Waals surface area contributed by atoms with Gasteiger partial charge in [-0.1, -0.05) is 196 Å². The van der Waals surface area contributed by atoms with Gasteiger partial charge in [-0.15, -0.1) is 0 Å². The average molecular weight is 879 g/mol. The second-order valence-electron chi connectivity index (χ2n) is 17.4. The minimum Gasteiger partial charge on any atom is -0.462 e. The number of allylic oxidation sites excluding steroid dienone is 12. The van der Waals surface area contributed by atoms with E-state index >= 15 is 0 Å². The van der Waals surface area contributed by atoms with E-state index in [9.17, 15) is 14.4 Å². The highest BCUT2D eigenvalue weighted by Crippen LogP contribution is 2.13. The van der Waals surface area contributed by atoms with Crippen molar-refractivity contribution in [1.82, 2.24) is 0 Å². The van der Waals surface area contributed by atoms with Crippen molar-refractivity contribution in [2.75, 3.05) is 13.2 Å². The second kappa shape index (κ2) is 51.5. The third-order valence-corrected chi connectivity index (χ3v) is 11.2. The average Bonchev–Trinajstić information content (AvgIpc) is 3.28. The van der Waals surface area contributed by atoms with Crippen LogP contribution in [0.5, 0.6) is 0 Å². The number of carbonyl (C=O) groups is 3. The first kappa shape index (κ1) is 59.9. The fourth-order valence-electron chi connectivity index (χ4n) is 7.11. The minimum atomic E-state index is -0.795. The summed E-state index contributed by atoms with van der Waals surface area (Å²) in [5, 5.41) is 0. The van der Waals surface area contributed by atoms with Crippen LogP contribution in [0.4, 0.5) is 0 Å². The van der Waals surface area contributed by atoms with Gasteiger partial charge in [0.25, 0.3) is 0 Å². The van der Waals surface area contributed by atoms with Gasteiger partial charge >= 0.3 is 17.9 Å². The largest absolute Gasteiger partial charge is 0.462 e. The molecule has 0 rings (SSSR count). The van der Waals surface area contributed by atoms with E-state index in [0.29, 0.717) is 19.3 Å². The van der Waals surface area contributed by atoms with Gasteiger partial charge in [0.2, 0.25) is 0 Å². The van der Waals surface area contributed by atoms with Crippen molar-refractivity contribution in [1.29, 1.82) is 0 Å². The molecular weight excluding hydrogens is 781 g/mol. The third-order valence-electron chi connectivity index (χ3n) is 11.2. The number of hydrogen-bond acceptors (Lipinski definition) is 6. The Morgan fingerprint density at radius 1 is 0.317 bits per heavy atom. The number of carbonyl (C=O) groups excluding carboxylic acids is 3. The highest BCUT2D eigenvalue weighted by molar-refractivity contribution is 5.71. The summed E-state index contributed by atoms with van der Waals surface area (Å²) in [6.07, 6.45) is 64.5. The van der Waals surface area contributed by atoms with Crippen molar-refractivity contribution in [3.8, 4) is 0 Å². The highest BCUT2D eigenvalue weighted by atomic mass is 16.6. The number of ether oxygens (including phenoxy) is 3. The van der Waals surface area contributed by atoms with E-state index in [1.54, 1.807) is 0 Å². The van der Waals surface area contributed by atoms with Crippen LogP contribution in [0, 0.1) is 0 Å². The molecular formula is C57H98O6. The Bertz CT molecular complexity index is 1190. The summed E-state index contributed by atoms with van der Waals surface area (Å²) < 4.78 is 16.8.